The molecule has 1 amide bonds. The molecule has 2 rings (SSSR count). The first-order chi connectivity index (χ1) is 11.8. The average molecular weight is 370 g/mol. The van der Waals surface area contributed by atoms with Gasteiger partial charge >= 0.3 is 5.97 Å². The molecular weight excluding hydrogens is 352 g/mol. The summed E-state index contributed by atoms with van der Waals surface area (Å²) < 4.78 is 39.7. The lowest BCUT2D eigenvalue weighted by atomic mass is 10.3. The highest BCUT2D eigenvalue weighted by atomic mass is 32.2. The van der Waals surface area contributed by atoms with Crippen molar-refractivity contribution in [3.8, 4) is 0 Å². The molecule has 136 valence electrons. The molecule has 10 heteroatoms. The van der Waals surface area contributed by atoms with E-state index in [0.29, 0.717) is 12.3 Å². The number of nitrogens with zero attached hydrogens (tertiary/aromatic N) is 1. The third kappa shape index (κ3) is 4.94. The highest BCUT2D eigenvalue weighted by Crippen LogP contribution is 2.16. The van der Waals surface area contributed by atoms with E-state index < -0.39 is 28.5 Å². The molecule has 9 nitrogen and oxygen atoms in total. The minimum Gasteiger partial charge on any atom is -0.493 e. The Morgan fingerprint density at radius 1 is 1.20 bits per heavy atom. The summed E-state index contributed by atoms with van der Waals surface area (Å²) in [5, 5.41) is 2.49. The Bertz CT molecular complexity index is 770. The molecule has 0 aliphatic carbocycles. The smallest absolute Gasteiger partial charge is 0.377 e. The van der Waals surface area contributed by atoms with Crippen LogP contribution in [0.25, 0.3) is 0 Å². The van der Waals surface area contributed by atoms with Crippen LogP contribution in [0, 0.1) is 0 Å². The number of hydrogen-bond donors (Lipinski definition) is 1. The number of esters is 1. The maximum Gasteiger partial charge on any atom is 0.377 e. The van der Waals surface area contributed by atoms with Crippen molar-refractivity contribution >= 4 is 27.6 Å². The van der Waals surface area contributed by atoms with Crippen LogP contribution in [0.4, 0.5) is 5.69 Å². The lowest BCUT2D eigenvalue weighted by molar-refractivity contribution is -0.148. The number of anilines is 1. The number of ether oxygens (including phenoxy) is 3. The molecule has 0 fully saturated rings. The summed E-state index contributed by atoms with van der Waals surface area (Å²) in [5.41, 5.74) is 0.371. The summed E-state index contributed by atoms with van der Waals surface area (Å²) in [5.74, 6) is -1.48. The second kappa shape index (κ2) is 7.99. The molecule has 0 unspecified atom stereocenters. The quantitative estimate of drug-likeness (QED) is 0.717. The van der Waals surface area contributed by atoms with Crippen molar-refractivity contribution in [1.82, 2.24) is 4.31 Å². The third-order valence-corrected chi connectivity index (χ3v) is 4.93. The van der Waals surface area contributed by atoms with Crippen LogP contribution in [-0.4, -0.2) is 58.5 Å². The van der Waals surface area contributed by atoms with Gasteiger partial charge in [-0.05, 0) is 24.3 Å². The van der Waals surface area contributed by atoms with E-state index in [4.69, 9.17) is 14.2 Å². The zero-order valence-electron chi connectivity index (χ0n) is 13.7. The van der Waals surface area contributed by atoms with Gasteiger partial charge in [0.15, 0.2) is 6.61 Å². The van der Waals surface area contributed by atoms with Crippen LogP contribution < -0.4 is 5.32 Å². The molecule has 1 aliphatic heterocycles. The van der Waals surface area contributed by atoms with Gasteiger partial charge in [0.2, 0.25) is 15.8 Å². The molecule has 0 bridgehead atoms. The number of benzene rings is 1. The molecule has 0 saturated carbocycles. The first-order valence-corrected chi connectivity index (χ1v) is 8.69. The molecule has 1 aliphatic rings. The number of hydrogen-bond acceptors (Lipinski definition) is 7. The van der Waals surface area contributed by atoms with Crippen LogP contribution in [-0.2, 0) is 33.8 Å². The Balaban J connectivity index is 1.88. The Morgan fingerprint density at radius 3 is 2.44 bits per heavy atom. The zero-order valence-corrected chi connectivity index (χ0v) is 14.5. The summed E-state index contributed by atoms with van der Waals surface area (Å²) >= 11 is 0. The molecule has 1 N–H and O–H groups in total. The van der Waals surface area contributed by atoms with Crippen molar-refractivity contribution < 1.29 is 32.2 Å². The molecule has 0 aromatic heterocycles. The van der Waals surface area contributed by atoms with Gasteiger partial charge in [0.05, 0.1) is 4.90 Å². The standard InChI is InChI=1S/C15H18N2O7S/c1-17(2)25(20,21)12-5-3-11(4-6-12)16-14(18)10-24-15(19)13-9-22-7-8-23-13/h3-6,9H,7-8,10H2,1-2H3,(H,16,18). The second-order valence-corrected chi connectivity index (χ2v) is 7.29. The normalized spacial score (nSPS) is 14.1. The van der Waals surface area contributed by atoms with Crippen LogP contribution >= 0.6 is 0 Å². The van der Waals surface area contributed by atoms with Crippen molar-refractivity contribution in [2.45, 2.75) is 4.90 Å². The fraction of sp³-hybridized carbons (Fsp3) is 0.333. The summed E-state index contributed by atoms with van der Waals surface area (Å²) in [6.07, 6.45) is 1.13. The molecular formula is C15H18N2O7S. The molecule has 0 atom stereocenters. The summed E-state index contributed by atoms with van der Waals surface area (Å²) in [6.45, 7) is 0.0589. The zero-order chi connectivity index (χ0) is 18.4. The van der Waals surface area contributed by atoms with Gasteiger partial charge < -0.3 is 19.5 Å². The number of carbonyl (C=O) groups is 2. The van der Waals surface area contributed by atoms with Gasteiger partial charge in [0.25, 0.3) is 5.91 Å². The van der Waals surface area contributed by atoms with Gasteiger partial charge in [-0.2, -0.15) is 0 Å². The third-order valence-electron chi connectivity index (χ3n) is 3.10. The van der Waals surface area contributed by atoms with Gasteiger partial charge in [-0.15, -0.1) is 0 Å². The van der Waals surface area contributed by atoms with Crippen molar-refractivity contribution in [2.75, 3.05) is 39.2 Å². The lowest BCUT2D eigenvalue weighted by Crippen LogP contribution is -2.24. The van der Waals surface area contributed by atoms with Gasteiger partial charge in [-0.25, -0.2) is 17.5 Å². The van der Waals surface area contributed by atoms with Gasteiger partial charge in [0, 0.05) is 19.8 Å². The van der Waals surface area contributed by atoms with Crippen LogP contribution in [0.5, 0.6) is 0 Å². The predicted octanol–water partition coefficient (Wildman–Crippen LogP) is 0.307. The molecule has 0 spiro atoms. The van der Waals surface area contributed by atoms with Crippen molar-refractivity contribution in [3.63, 3.8) is 0 Å². The Hall–Kier alpha value is -2.59. The van der Waals surface area contributed by atoms with Gasteiger partial charge in [0.1, 0.15) is 19.5 Å². The SMILES string of the molecule is CN(C)S(=O)(=O)c1ccc(NC(=O)COC(=O)C2=COCCO2)cc1. The highest BCUT2D eigenvalue weighted by molar-refractivity contribution is 7.89. The lowest BCUT2D eigenvalue weighted by Gasteiger charge is -2.14. The predicted molar refractivity (Wildman–Crippen MR) is 86.9 cm³/mol. The number of carbonyl (C=O) groups excluding carboxylic acids is 2. The first kappa shape index (κ1) is 18.7. The minimum atomic E-state index is -3.54. The fourth-order valence-electron chi connectivity index (χ4n) is 1.80. The first-order valence-electron chi connectivity index (χ1n) is 7.25. The number of rotatable bonds is 6. The Morgan fingerprint density at radius 2 is 1.88 bits per heavy atom. The topological polar surface area (TPSA) is 111 Å². The van der Waals surface area contributed by atoms with Crippen molar-refractivity contribution in [1.29, 1.82) is 0 Å². The van der Waals surface area contributed by atoms with Crippen LogP contribution in [0.3, 0.4) is 0 Å². The molecule has 25 heavy (non-hydrogen) atoms. The van der Waals surface area contributed by atoms with E-state index in [1.54, 1.807) is 0 Å². The van der Waals surface area contributed by atoms with E-state index in [1.165, 1.54) is 38.4 Å². The number of amides is 1. The van der Waals surface area contributed by atoms with E-state index in [0.717, 1.165) is 10.6 Å². The van der Waals surface area contributed by atoms with Crippen molar-refractivity contribution in [2.24, 2.45) is 0 Å². The van der Waals surface area contributed by atoms with E-state index in [1.807, 2.05) is 0 Å². The van der Waals surface area contributed by atoms with Crippen LogP contribution in [0.15, 0.2) is 41.2 Å². The van der Waals surface area contributed by atoms with Gasteiger partial charge in [-0.3, -0.25) is 4.79 Å². The largest absolute Gasteiger partial charge is 0.493 e. The Labute approximate surface area is 145 Å². The monoisotopic (exact) mass is 370 g/mol. The fourth-order valence-corrected chi connectivity index (χ4v) is 2.70. The van der Waals surface area contributed by atoms with Crippen LogP contribution in [0.1, 0.15) is 0 Å². The van der Waals surface area contributed by atoms with Crippen molar-refractivity contribution in [3.05, 3.63) is 36.3 Å². The van der Waals surface area contributed by atoms with E-state index in [2.05, 4.69) is 5.32 Å². The number of nitrogens with one attached hydrogen (secondary N) is 1. The molecule has 1 aromatic carbocycles. The van der Waals surface area contributed by atoms with E-state index in [9.17, 15) is 18.0 Å². The van der Waals surface area contributed by atoms with E-state index in [-0.39, 0.29) is 17.3 Å². The molecule has 1 aromatic rings. The summed E-state index contributed by atoms with van der Waals surface area (Å²) in [6, 6.07) is 5.62. The minimum absolute atomic E-state index is 0.0997. The Kier molecular flexibility index (Phi) is 5.99. The molecule has 0 saturated heterocycles. The molecule has 1 heterocycles. The van der Waals surface area contributed by atoms with E-state index >= 15 is 0 Å². The highest BCUT2D eigenvalue weighted by Gasteiger charge is 2.19. The maximum absolute atomic E-state index is 11.9. The summed E-state index contributed by atoms with van der Waals surface area (Å²) in [4.78, 5) is 23.5. The van der Waals surface area contributed by atoms with Gasteiger partial charge in [-0.1, -0.05) is 0 Å². The summed E-state index contributed by atoms with van der Waals surface area (Å²) in [7, 11) is -0.684. The number of sulfonamides is 1. The maximum atomic E-state index is 11.9. The van der Waals surface area contributed by atoms with Crippen LogP contribution in [0.2, 0.25) is 0 Å². The second-order valence-electron chi connectivity index (χ2n) is 5.14. The molecule has 0 radical (unpaired) electrons. The average Bonchev–Trinajstić information content (AvgIpc) is 2.60.